The summed E-state index contributed by atoms with van der Waals surface area (Å²) in [5, 5.41) is 8.60. The minimum atomic E-state index is -0.917. The SMILES string of the molecule is Cc1ccc(C)n1C(=O)O. The summed E-state index contributed by atoms with van der Waals surface area (Å²) in [5.41, 5.74) is 1.51. The Morgan fingerprint density at radius 2 is 1.80 bits per heavy atom. The summed E-state index contributed by atoms with van der Waals surface area (Å²) in [6, 6.07) is 3.56. The van der Waals surface area contributed by atoms with Gasteiger partial charge in [0, 0.05) is 11.4 Å². The first-order valence-electron chi connectivity index (χ1n) is 3.01. The monoisotopic (exact) mass is 139 g/mol. The van der Waals surface area contributed by atoms with Crippen LogP contribution in [0.3, 0.4) is 0 Å². The van der Waals surface area contributed by atoms with Gasteiger partial charge in [-0.2, -0.15) is 0 Å². The van der Waals surface area contributed by atoms with Crippen LogP contribution in [-0.2, 0) is 0 Å². The molecule has 0 atom stereocenters. The second-order valence-corrected chi connectivity index (χ2v) is 2.23. The van der Waals surface area contributed by atoms with Gasteiger partial charge >= 0.3 is 6.09 Å². The first kappa shape index (κ1) is 6.86. The molecule has 0 unspecified atom stereocenters. The van der Waals surface area contributed by atoms with Gasteiger partial charge in [0.2, 0.25) is 0 Å². The van der Waals surface area contributed by atoms with Gasteiger partial charge in [-0.1, -0.05) is 0 Å². The molecule has 10 heavy (non-hydrogen) atoms. The first-order valence-corrected chi connectivity index (χ1v) is 3.01. The van der Waals surface area contributed by atoms with Crippen molar-refractivity contribution in [2.45, 2.75) is 13.8 Å². The van der Waals surface area contributed by atoms with Crippen LogP contribution >= 0.6 is 0 Å². The molecule has 3 nitrogen and oxygen atoms in total. The molecule has 1 aromatic heterocycles. The van der Waals surface area contributed by atoms with Gasteiger partial charge in [-0.05, 0) is 26.0 Å². The Balaban J connectivity index is 3.23. The van der Waals surface area contributed by atoms with Crippen molar-refractivity contribution in [2.24, 2.45) is 0 Å². The van der Waals surface area contributed by atoms with E-state index in [1.807, 2.05) is 0 Å². The Morgan fingerprint density at radius 3 is 2.00 bits per heavy atom. The molecule has 0 aromatic carbocycles. The van der Waals surface area contributed by atoms with E-state index in [9.17, 15) is 4.79 Å². The van der Waals surface area contributed by atoms with Crippen LogP contribution in [0.5, 0.6) is 0 Å². The zero-order valence-corrected chi connectivity index (χ0v) is 5.96. The van der Waals surface area contributed by atoms with Crippen molar-refractivity contribution < 1.29 is 9.90 Å². The molecule has 1 aromatic rings. The molecule has 0 aliphatic heterocycles. The number of hydrogen-bond acceptors (Lipinski definition) is 1. The fourth-order valence-corrected chi connectivity index (χ4v) is 0.970. The van der Waals surface area contributed by atoms with Crippen LogP contribution in [0.2, 0.25) is 0 Å². The van der Waals surface area contributed by atoms with Crippen molar-refractivity contribution in [3.63, 3.8) is 0 Å². The normalized spacial score (nSPS) is 9.80. The maximum atomic E-state index is 10.5. The molecule has 54 valence electrons. The van der Waals surface area contributed by atoms with Crippen molar-refractivity contribution >= 4 is 6.09 Å². The number of aryl methyl sites for hydroxylation is 2. The van der Waals surface area contributed by atoms with Gasteiger partial charge in [-0.15, -0.1) is 0 Å². The van der Waals surface area contributed by atoms with E-state index in [2.05, 4.69) is 0 Å². The fourth-order valence-electron chi connectivity index (χ4n) is 0.970. The van der Waals surface area contributed by atoms with Crippen LogP contribution in [0.25, 0.3) is 0 Å². The van der Waals surface area contributed by atoms with Crippen molar-refractivity contribution in [2.75, 3.05) is 0 Å². The lowest BCUT2D eigenvalue weighted by Gasteiger charge is -1.99. The smallest absolute Gasteiger partial charge is 0.415 e. The summed E-state index contributed by atoms with van der Waals surface area (Å²) < 4.78 is 1.25. The predicted octanol–water partition coefficient (Wildman–Crippen LogP) is 1.63. The third kappa shape index (κ3) is 0.900. The van der Waals surface area contributed by atoms with Gasteiger partial charge in [0.05, 0.1) is 0 Å². The lowest BCUT2D eigenvalue weighted by Crippen LogP contribution is -2.10. The van der Waals surface area contributed by atoms with Crippen LogP contribution in [0, 0.1) is 13.8 Å². The molecule has 0 amide bonds. The molecular weight excluding hydrogens is 130 g/mol. The molecule has 1 heterocycles. The third-order valence-electron chi connectivity index (χ3n) is 1.46. The van der Waals surface area contributed by atoms with E-state index >= 15 is 0 Å². The molecule has 0 aliphatic carbocycles. The maximum absolute atomic E-state index is 10.5. The van der Waals surface area contributed by atoms with E-state index in [-0.39, 0.29) is 0 Å². The highest BCUT2D eigenvalue weighted by Crippen LogP contribution is 2.05. The van der Waals surface area contributed by atoms with Gasteiger partial charge in [-0.25, -0.2) is 4.79 Å². The molecule has 0 saturated carbocycles. The summed E-state index contributed by atoms with van der Waals surface area (Å²) in [7, 11) is 0. The Hall–Kier alpha value is -1.25. The molecule has 1 N–H and O–H groups in total. The summed E-state index contributed by atoms with van der Waals surface area (Å²) in [6.45, 7) is 3.53. The number of carboxylic acid groups (broad SMARTS) is 1. The first-order chi connectivity index (χ1) is 4.63. The van der Waals surface area contributed by atoms with Gasteiger partial charge in [0.15, 0.2) is 0 Å². The zero-order valence-electron chi connectivity index (χ0n) is 5.96. The Kier molecular flexibility index (Phi) is 1.49. The molecular formula is C7H9NO2. The average molecular weight is 139 g/mol. The standard InChI is InChI=1S/C7H9NO2/c1-5-3-4-6(2)8(5)7(9)10/h3-4H,1-2H3,(H,9,10). The summed E-state index contributed by atoms with van der Waals surface area (Å²) >= 11 is 0. The quantitative estimate of drug-likeness (QED) is 0.593. The minimum Gasteiger partial charge on any atom is -0.464 e. The van der Waals surface area contributed by atoms with Crippen molar-refractivity contribution in [1.82, 2.24) is 4.57 Å². The van der Waals surface area contributed by atoms with Gasteiger partial charge in [0.1, 0.15) is 0 Å². The van der Waals surface area contributed by atoms with Gasteiger partial charge in [-0.3, -0.25) is 4.57 Å². The summed E-state index contributed by atoms with van der Waals surface area (Å²) in [4.78, 5) is 10.5. The molecule has 0 fully saturated rings. The number of hydrogen-bond donors (Lipinski definition) is 1. The highest BCUT2D eigenvalue weighted by molar-refractivity contribution is 5.70. The van der Waals surface area contributed by atoms with E-state index in [0.29, 0.717) is 0 Å². The summed E-state index contributed by atoms with van der Waals surface area (Å²) in [5.74, 6) is 0. The minimum absolute atomic E-state index is 0.755. The lowest BCUT2D eigenvalue weighted by atomic mass is 10.5. The van der Waals surface area contributed by atoms with E-state index in [1.54, 1.807) is 26.0 Å². The van der Waals surface area contributed by atoms with Crippen LogP contribution < -0.4 is 0 Å². The highest BCUT2D eigenvalue weighted by Gasteiger charge is 2.05. The van der Waals surface area contributed by atoms with E-state index in [0.717, 1.165) is 11.4 Å². The largest absolute Gasteiger partial charge is 0.464 e. The zero-order chi connectivity index (χ0) is 7.72. The second-order valence-electron chi connectivity index (χ2n) is 2.23. The van der Waals surface area contributed by atoms with Crippen molar-refractivity contribution in [3.05, 3.63) is 23.5 Å². The van der Waals surface area contributed by atoms with Gasteiger partial charge < -0.3 is 5.11 Å². The van der Waals surface area contributed by atoms with Crippen LogP contribution in [-0.4, -0.2) is 15.8 Å². The Morgan fingerprint density at radius 1 is 1.40 bits per heavy atom. The number of aromatic nitrogens is 1. The van der Waals surface area contributed by atoms with Crippen molar-refractivity contribution in [1.29, 1.82) is 0 Å². The molecule has 0 spiro atoms. The lowest BCUT2D eigenvalue weighted by molar-refractivity contribution is 0.195. The van der Waals surface area contributed by atoms with Crippen molar-refractivity contribution in [3.8, 4) is 0 Å². The Bertz CT molecular complexity index is 243. The predicted molar refractivity (Wildman–Crippen MR) is 37.3 cm³/mol. The molecule has 1 rings (SSSR count). The molecule has 0 bridgehead atoms. The molecule has 0 radical (unpaired) electrons. The van der Waals surface area contributed by atoms with E-state index < -0.39 is 6.09 Å². The fraction of sp³-hybridized carbons (Fsp3) is 0.286. The molecule has 3 heteroatoms. The van der Waals surface area contributed by atoms with Crippen LogP contribution in [0.4, 0.5) is 4.79 Å². The topological polar surface area (TPSA) is 42.2 Å². The van der Waals surface area contributed by atoms with Crippen LogP contribution in [0.15, 0.2) is 12.1 Å². The van der Waals surface area contributed by atoms with E-state index in [1.165, 1.54) is 4.57 Å². The highest BCUT2D eigenvalue weighted by atomic mass is 16.4. The summed E-state index contributed by atoms with van der Waals surface area (Å²) in [6.07, 6.45) is -0.917. The molecule has 0 saturated heterocycles. The number of carbonyl (C=O) groups is 1. The second kappa shape index (κ2) is 2.17. The Labute approximate surface area is 58.9 Å². The molecule has 0 aliphatic rings. The van der Waals surface area contributed by atoms with E-state index in [4.69, 9.17) is 5.11 Å². The van der Waals surface area contributed by atoms with Gasteiger partial charge in [0.25, 0.3) is 0 Å². The average Bonchev–Trinajstić information content (AvgIpc) is 2.11. The number of rotatable bonds is 0. The van der Waals surface area contributed by atoms with Crippen LogP contribution in [0.1, 0.15) is 11.4 Å². The number of nitrogens with zero attached hydrogens (tertiary/aromatic N) is 1. The third-order valence-corrected chi connectivity index (χ3v) is 1.46. The maximum Gasteiger partial charge on any atom is 0.415 e.